The lowest BCUT2D eigenvalue weighted by atomic mass is 9.95. The molecule has 1 fully saturated rings. The maximum atomic E-state index is 5.95. The van der Waals surface area contributed by atoms with Gasteiger partial charge in [-0.2, -0.15) is 5.10 Å². The first-order valence-electron chi connectivity index (χ1n) is 7.86. The van der Waals surface area contributed by atoms with Crippen LogP contribution in [0.3, 0.4) is 0 Å². The first-order chi connectivity index (χ1) is 9.63. The lowest BCUT2D eigenvalue weighted by Gasteiger charge is -2.27. The summed E-state index contributed by atoms with van der Waals surface area (Å²) in [4.78, 5) is 4.44. The van der Waals surface area contributed by atoms with Crippen LogP contribution in [0.4, 0.5) is 0 Å². The minimum atomic E-state index is 0.291. The smallest absolute Gasteiger partial charge is 0.138 e. The van der Waals surface area contributed by atoms with Crippen LogP contribution in [0.25, 0.3) is 0 Å². The molecule has 0 radical (unpaired) electrons. The van der Waals surface area contributed by atoms with E-state index in [-0.39, 0.29) is 0 Å². The molecule has 0 bridgehead atoms. The van der Waals surface area contributed by atoms with E-state index in [0.717, 1.165) is 38.2 Å². The van der Waals surface area contributed by atoms with Gasteiger partial charge in [0.1, 0.15) is 12.2 Å². The van der Waals surface area contributed by atoms with Crippen molar-refractivity contribution in [1.29, 1.82) is 0 Å². The highest BCUT2D eigenvalue weighted by atomic mass is 16.5. The number of ether oxygens (including phenoxy) is 1. The Morgan fingerprint density at radius 2 is 2.30 bits per heavy atom. The van der Waals surface area contributed by atoms with Gasteiger partial charge < -0.3 is 10.1 Å². The highest BCUT2D eigenvalue weighted by molar-refractivity contribution is 4.96. The van der Waals surface area contributed by atoms with Crippen molar-refractivity contribution < 1.29 is 4.74 Å². The molecule has 3 unspecified atom stereocenters. The molecule has 1 aliphatic heterocycles. The number of nitrogens with zero attached hydrogens (tertiary/aromatic N) is 3. The number of hydrogen-bond donors (Lipinski definition) is 1. The molecule has 5 nitrogen and oxygen atoms in total. The maximum Gasteiger partial charge on any atom is 0.138 e. The third-order valence-corrected chi connectivity index (χ3v) is 4.04. The highest BCUT2D eigenvalue weighted by Crippen LogP contribution is 2.24. The van der Waals surface area contributed by atoms with Gasteiger partial charge in [0, 0.05) is 25.1 Å². The zero-order chi connectivity index (χ0) is 14.5. The first kappa shape index (κ1) is 15.4. The summed E-state index contributed by atoms with van der Waals surface area (Å²) in [6.07, 6.45) is 5.12. The Labute approximate surface area is 122 Å². The van der Waals surface area contributed by atoms with Crippen LogP contribution >= 0.6 is 0 Å². The Morgan fingerprint density at radius 3 is 2.90 bits per heavy atom. The van der Waals surface area contributed by atoms with Crippen LogP contribution in [-0.4, -0.2) is 40.1 Å². The molecule has 3 atom stereocenters. The fourth-order valence-electron chi connectivity index (χ4n) is 2.91. The minimum absolute atomic E-state index is 0.291. The van der Waals surface area contributed by atoms with Crippen molar-refractivity contribution in [3.8, 4) is 0 Å². The summed E-state index contributed by atoms with van der Waals surface area (Å²) in [5, 5.41) is 7.97. The molecule has 1 aromatic heterocycles. The third-order valence-electron chi connectivity index (χ3n) is 4.04. The van der Waals surface area contributed by atoms with E-state index in [1.54, 1.807) is 6.33 Å². The number of hydrogen-bond acceptors (Lipinski definition) is 4. The standard InChI is InChI=1S/C15H28N4O/c1-5-7-16-13(15-12(4)6-8-20-15)9-14-17-10-18-19(14)11(2)3/h10-13,15-16H,5-9H2,1-4H3. The van der Waals surface area contributed by atoms with Crippen LogP contribution in [0.5, 0.6) is 0 Å². The fourth-order valence-corrected chi connectivity index (χ4v) is 2.91. The number of nitrogens with one attached hydrogen (secondary N) is 1. The maximum absolute atomic E-state index is 5.95. The average molecular weight is 280 g/mol. The third kappa shape index (κ3) is 3.58. The minimum Gasteiger partial charge on any atom is -0.376 e. The molecule has 0 aliphatic carbocycles. The second-order valence-electron chi connectivity index (χ2n) is 6.08. The van der Waals surface area contributed by atoms with Gasteiger partial charge in [-0.15, -0.1) is 0 Å². The Kier molecular flexibility index (Phi) is 5.54. The summed E-state index contributed by atoms with van der Waals surface area (Å²) in [5.74, 6) is 1.66. The van der Waals surface area contributed by atoms with Crippen molar-refractivity contribution in [2.45, 2.75) is 65.1 Å². The van der Waals surface area contributed by atoms with Gasteiger partial charge in [0.2, 0.25) is 0 Å². The van der Waals surface area contributed by atoms with Crippen molar-refractivity contribution in [2.75, 3.05) is 13.2 Å². The summed E-state index contributed by atoms with van der Waals surface area (Å²) in [6, 6.07) is 0.676. The molecule has 20 heavy (non-hydrogen) atoms. The molecule has 0 aromatic carbocycles. The van der Waals surface area contributed by atoms with Crippen LogP contribution in [-0.2, 0) is 11.2 Å². The highest BCUT2D eigenvalue weighted by Gasteiger charge is 2.32. The largest absolute Gasteiger partial charge is 0.376 e. The van der Waals surface area contributed by atoms with E-state index < -0.39 is 0 Å². The molecule has 1 aromatic rings. The molecule has 5 heteroatoms. The average Bonchev–Trinajstić information content (AvgIpc) is 3.03. The summed E-state index contributed by atoms with van der Waals surface area (Å²) >= 11 is 0. The number of rotatable bonds is 7. The predicted octanol–water partition coefficient (Wildman–Crippen LogP) is 2.19. The Morgan fingerprint density at radius 1 is 1.50 bits per heavy atom. The summed E-state index contributed by atoms with van der Waals surface area (Å²) in [6.45, 7) is 10.7. The van der Waals surface area contributed by atoms with Gasteiger partial charge in [0.15, 0.2) is 0 Å². The lowest BCUT2D eigenvalue weighted by Crippen LogP contribution is -2.44. The Hall–Kier alpha value is -0.940. The molecule has 1 aliphatic rings. The molecule has 1 saturated heterocycles. The van der Waals surface area contributed by atoms with E-state index in [2.05, 4.69) is 43.1 Å². The van der Waals surface area contributed by atoms with Gasteiger partial charge in [-0.25, -0.2) is 9.67 Å². The van der Waals surface area contributed by atoms with E-state index in [1.165, 1.54) is 0 Å². The number of aromatic nitrogens is 3. The van der Waals surface area contributed by atoms with E-state index in [0.29, 0.717) is 24.1 Å². The van der Waals surface area contributed by atoms with Gasteiger partial charge in [-0.1, -0.05) is 13.8 Å². The Bertz CT molecular complexity index is 404. The van der Waals surface area contributed by atoms with Crippen molar-refractivity contribution in [2.24, 2.45) is 5.92 Å². The van der Waals surface area contributed by atoms with Crippen LogP contribution in [0.15, 0.2) is 6.33 Å². The molecule has 0 spiro atoms. The first-order valence-corrected chi connectivity index (χ1v) is 7.86. The Balaban J connectivity index is 2.08. The summed E-state index contributed by atoms with van der Waals surface area (Å²) in [7, 11) is 0. The van der Waals surface area contributed by atoms with Crippen molar-refractivity contribution in [3.05, 3.63) is 12.2 Å². The van der Waals surface area contributed by atoms with Crippen molar-refractivity contribution in [3.63, 3.8) is 0 Å². The van der Waals surface area contributed by atoms with Gasteiger partial charge >= 0.3 is 0 Å². The second-order valence-corrected chi connectivity index (χ2v) is 6.08. The molecule has 0 amide bonds. The second kappa shape index (κ2) is 7.18. The van der Waals surface area contributed by atoms with Crippen LogP contribution in [0.2, 0.25) is 0 Å². The van der Waals surface area contributed by atoms with E-state index >= 15 is 0 Å². The van der Waals surface area contributed by atoms with Crippen molar-refractivity contribution >= 4 is 0 Å². The molecular formula is C15H28N4O. The molecule has 0 saturated carbocycles. The zero-order valence-corrected chi connectivity index (χ0v) is 13.2. The SMILES string of the molecule is CCCNC(Cc1ncnn1C(C)C)C1OCCC1C. The molecule has 2 heterocycles. The molecular weight excluding hydrogens is 252 g/mol. The molecule has 1 N–H and O–H groups in total. The topological polar surface area (TPSA) is 52.0 Å². The van der Waals surface area contributed by atoms with Gasteiger partial charge in [-0.3, -0.25) is 0 Å². The van der Waals surface area contributed by atoms with E-state index in [4.69, 9.17) is 4.74 Å². The van der Waals surface area contributed by atoms with Gasteiger partial charge in [0.25, 0.3) is 0 Å². The summed E-state index contributed by atoms with van der Waals surface area (Å²) in [5.41, 5.74) is 0. The predicted molar refractivity (Wildman–Crippen MR) is 79.7 cm³/mol. The normalized spacial score (nSPS) is 24.4. The summed E-state index contributed by atoms with van der Waals surface area (Å²) < 4.78 is 7.97. The zero-order valence-electron chi connectivity index (χ0n) is 13.2. The van der Waals surface area contributed by atoms with Crippen LogP contribution in [0, 0.1) is 5.92 Å². The molecule has 2 rings (SSSR count). The van der Waals surface area contributed by atoms with E-state index in [1.807, 2.05) is 4.68 Å². The monoisotopic (exact) mass is 280 g/mol. The van der Waals surface area contributed by atoms with E-state index in [9.17, 15) is 0 Å². The molecule has 114 valence electrons. The van der Waals surface area contributed by atoms with Gasteiger partial charge in [-0.05, 0) is 39.2 Å². The lowest BCUT2D eigenvalue weighted by molar-refractivity contribution is 0.0600. The fraction of sp³-hybridized carbons (Fsp3) is 0.867. The van der Waals surface area contributed by atoms with Crippen LogP contribution < -0.4 is 5.32 Å². The van der Waals surface area contributed by atoms with Crippen LogP contribution in [0.1, 0.15) is 52.4 Å². The van der Waals surface area contributed by atoms with Gasteiger partial charge in [0.05, 0.1) is 6.10 Å². The quantitative estimate of drug-likeness (QED) is 0.832. The van der Waals surface area contributed by atoms with Crippen molar-refractivity contribution in [1.82, 2.24) is 20.1 Å².